The molecule has 27 heavy (non-hydrogen) atoms. The molecule has 140 valence electrons. The molecule has 0 aliphatic heterocycles. The van der Waals surface area contributed by atoms with Crippen LogP contribution in [0.3, 0.4) is 0 Å². The van der Waals surface area contributed by atoms with Gasteiger partial charge in [-0.25, -0.2) is 4.39 Å². The van der Waals surface area contributed by atoms with Crippen molar-refractivity contribution >= 4 is 0 Å². The average Bonchev–Trinajstić information content (AvgIpc) is 3.39. The predicted octanol–water partition coefficient (Wildman–Crippen LogP) is 5.12. The van der Waals surface area contributed by atoms with Crippen LogP contribution in [0.2, 0.25) is 0 Å². The van der Waals surface area contributed by atoms with Crippen molar-refractivity contribution in [3.8, 4) is 22.9 Å². The second-order valence-corrected chi connectivity index (χ2v) is 6.72. The monoisotopic (exact) mass is 368 g/mol. The molecule has 0 radical (unpaired) electrons. The Bertz CT molecular complexity index is 902. The van der Waals surface area contributed by atoms with E-state index in [9.17, 15) is 4.39 Å². The highest BCUT2D eigenvalue weighted by molar-refractivity contribution is 5.60. The van der Waals surface area contributed by atoms with Gasteiger partial charge < -0.3 is 14.0 Å². The summed E-state index contributed by atoms with van der Waals surface area (Å²) in [6.07, 6.45) is 4.66. The SMILES string of the molecule is COc1cc(-c2noc(C3CCCC3)n2)ccc1OCc1ccc(F)cc1. The maximum Gasteiger partial charge on any atom is 0.230 e. The van der Waals surface area contributed by atoms with Crippen LogP contribution in [-0.4, -0.2) is 17.3 Å². The molecule has 1 aliphatic carbocycles. The lowest BCUT2D eigenvalue weighted by Crippen LogP contribution is -1.98. The van der Waals surface area contributed by atoms with Crippen LogP contribution in [0, 0.1) is 5.82 Å². The van der Waals surface area contributed by atoms with Crippen LogP contribution in [0.5, 0.6) is 11.5 Å². The van der Waals surface area contributed by atoms with Gasteiger partial charge in [0.05, 0.1) is 7.11 Å². The van der Waals surface area contributed by atoms with Crippen LogP contribution in [-0.2, 0) is 6.61 Å². The van der Waals surface area contributed by atoms with Gasteiger partial charge in [-0.2, -0.15) is 4.98 Å². The van der Waals surface area contributed by atoms with Gasteiger partial charge in [-0.05, 0) is 48.7 Å². The molecule has 0 saturated heterocycles. The van der Waals surface area contributed by atoms with Crippen LogP contribution < -0.4 is 9.47 Å². The lowest BCUT2D eigenvalue weighted by atomic mass is 10.1. The van der Waals surface area contributed by atoms with Crippen molar-refractivity contribution in [1.82, 2.24) is 10.1 Å². The summed E-state index contributed by atoms with van der Waals surface area (Å²) in [5.41, 5.74) is 1.69. The van der Waals surface area contributed by atoms with E-state index in [2.05, 4.69) is 10.1 Å². The van der Waals surface area contributed by atoms with Gasteiger partial charge in [0.15, 0.2) is 11.5 Å². The van der Waals surface area contributed by atoms with Gasteiger partial charge in [0.1, 0.15) is 12.4 Å². The summed E-state index contributed by atoms with van der Waals surface area (Å²) in [6.45, 7) is 0.323. The molecule has 1 fully saturated rings. The number of ether oxygens (including phenoxy) is 2. The van der Waals surface area contributed by atoms with Crippen LogP contribution in [0.1, 0.15) is 43.1 Å². The molecule has 0 atom stereocenters. The van der Waals surface area contributed by atoms with Crippen LogP contribution in [0.4, 0.5) is 4.39 Å². The van der Waals surface area contributed by atoms with Crippen molar-refractivity contribution in [2.24, 2.45) is 0 Å². The molecule has 4 rings (SSSR count). The first-order chi connectivity index (χ1) is 13.2. The number of nitrogens with zero attached hydrogens (tertiary/aromatic N) is 2. The first-order valence-electron chi connectivity index (χ1n) is 9.12. The third kappa shape index (κ3) is 3.94. The summed E-state index contributed by atoms with van der Waals surface area (Å²) < 4.78 is 29.7. The molecule has 0 bridgehead atoms. The maximum atomic E-state index is 13.0. The fourth-order valence-corrected chi connectivity index (χ4v) is 3.36. The van der Waals surface area contributed by atoms with Crippen molar-refractivity contribution in [3.63, 3.8) is 0 Å². The molecule has 3 aromatic rings. The maximum absolute atomic E-state index is 13.0. The molecule has 0 unspecified atom stereocenters. The minimum absolute atomic E-state index is 0.266. The van der Waals surface area contributed by atoms with Gasteiger partial charge in [-0.1, -0.05) is 30.1 Å². The summed E-state index contributed by atoms with van der Waals surface area (Å²) in [5.74, 6) is 2.58. The molecule has 2 aromatic carbocycles. The molecule has 1 heterocycles. The van der Waals surface area contributed by atoms with E-state index in [1.165, 1.54) is 25.0 Å². The lowest BCUT2D eigenvalue weighted by Gasteiger charge is -2.11. The van der Waals surface area contributed by atoms with Crippen LogP contribution in [0.15, 0.2) is 47.0 Å². The largest absolute Gasteiger partial charge is 0.493 e. The third-order valence-corrected chi connectivity index (χ3v) is 4.88. The highest BCUT2D eigenvalue weighted by Gasteiger charge is 2.23. The Morgan fingerprint density at radius 1 is 1.07 bits per heavy atom. The Labute approximate surface area is 157 Å². The average molecular weight is 368 g/mol. The topological polar surface area (TPSA) is 57.4 Å². The Hall–Kier alpha value is -2.89. The van der Waals surface area contributed by atoms with E-state index >= 15 is 0 Å². The zero-order chi connectivity index (χ0) is 18.6. The van der Waals surface area contributed by atoms with Crippen molar-refractivity contribution in [3.05, 3.63) is 59.7 Å². The highest BCUT2D eigenvalue weighted by Crippen LogP contribution is 2.35. The number of rotatable bonds is 6. The molecular formula is C21H21FN2O3. The fourth-order valence-electron chi connectivity index (χ4n) is 3.36. The first kappa shape index (κ1) is 17.5. The van der Waals surface area contributed by atoms with Crippen molar-refractivity contribution in [2.75, 3.05) is 7.11 Å². The Balaban J connectivity index is 1.50. The minimum atomic E-state index is -0.266. The summed E-state index contributed by atoms with van der Waals surface area (Å²) in [4.78, 5) is 4.56. The molecule has 5 nitrogen and oxygen atoms in total. The number of benzene rings is 2. The van der Waals surface area contributed by atoms with E-state index < -0.39 is 0 Å². The fraction of sp³-hybridized carbons (Fsp3) is 0.333. The lowest BCUT2D eigenvalue weighted by molar-refractivity contribution is 0.284. The number of hydrogen-bond donors (Lipinski definition) is 0. The van der Waals surface area contributed by atoms with E-state index in [0.717, 1.165) is 29.9 Å². The number of methoxy groups -OCH3 is 1. The number of aromatic nitrogens is 2. The molecule has 0 amide bonds. The smallest absolute Gasteiger partial charge is 0.230 e. The predicted molar refractivity (Wildman–Crippen MR) is 98.2 cm³/mol. The first-order valence-corrected chi connectivity index (χ1v) is 9.12. The Kier molecular flexibility index (Phi) is 5.05. The Morgan fingerprint density at radius 3 is 2.59 bits per heavy atom. The van der Waals surface area contributed by atoms with Crippen molar-refractivity contribution < 1.29 is 18.4 Å². The van der Waals surface area contributed by atoms with Crippen molar-refractivity contribution in [2.45, 2.75) is 38.2 Å². The molecule has 1 aromatic heterocycles. The summed E-state index contributed by atoms with van der Waals surface area (Å²) in [7, 11) is 1.59. The van der Waals surface area contributed by atoms with E-state index in [1.54, 1.807) is 19.2 Å². The van der Waals surface area contributed by atoms with E-state index in [4.69, 9.17) is 14.0 Å². The van der Waals surface area contributed by atoms with Gasteiger partial charge in [0.25, 0.3) is 0 Å². The third-order valence-electron chi connectivity index (χ3n) is 4.88. The van der Waals surface area contributed by atoms with E-state index in [1.807, 2.05) is 18.2 Å². The molecule has 1 saturated carbocycles. The zero-order valence-corrected chi connectivity index (χ0v) is 15.2. The normalized spacial score (nSPS) is 14.4. The number of halogens is 1. The second kappa shape index (κ2) is 7.78. The van der Waals surface area contributed by atoms with Gasteiger partial charge in [0.2, 0.25) is 11.7 Å². The highest BCUT2D eigenvalue weighted by atomic mass is 19.1. The standard InChI is InChI=1S/C21H21FN2O3/c1-25-19-12-16(20-23-21(27-24-20)15-4-2-3-5-15)8-11-18(19)26-13-14-6-9-17(22)10-7-14/h6-12,15H,2-5,13H2,1H3. The van der Waals surface area contributed by atoms with E-state index in [0.29, 0.717) is 29.8 Å². The van der Waals surface area contributed by atoms with Gasteiger partial charge in [0, 0.05) is 11.5 Å². The summed E-state index contributed by atoms with van der Waals surface area (Å²) in [6, 6.07) is 11.8. The van der Waals surface area contributed by atoms with Crippen LogP contribution in [0.25, 0.3) is 11.4 Å². The molecular weight excluding hydrogens is 347 g/mol. The summed E-state index contributed by atoms with van der Waals surface area (Å²) >= 11 is 0. The number of hydrogen-bond acceptors (Lipinski definition) is 5. The zero-order valence-electron chi connectivity index (χ0n) is 15.2. The van der Waals surface area contributed by atoms with E-state index in [-0.39, 0.29) is 5.82 Å². The quantitative estimate of drug-likeness (QED) is 0.604. The van der Waals surface area contributed by atoms with Gasteiger partial charge >= 0.3 is 0 Å². The molecule has 6 heteroatoms. The van der Waals surface area contributed by atoms with Gasteiger partial charge in [-0.15, -0.1) is 0 Å². The minimum Gasteiger partial charge on any atom is -0.493 e. The molecule has 0 spiro atoms. The second-order valence-electron chi connectivity index (χ2n) is 6.72. The summed E-state index contributed by atoms with van der Waals surface area (Å²) in [5, 5.41) is 4.12. The molecule has 1 aliphatic rings. The van der Waals surface area contributed by atoms with Gasteiger partial charge in [-0.3, -0.25) is 0 Å². The van der Waals surface area contributed by atoms with Crippen molar-refractivity contribution in [1.29, 1.82) is 0 Å². The van der Waals surface area contributed by atoms with Crippen LogP contribution >= 0.6 is 0 Å². The Morgan fingerprint density at radius 2 is 1.85 bits per heavy atom. The molecule has 0 N–H and O–H groups in total.